The molecule has 1 aliphatic heterocycles. The summed E-state index contributed by atoms with van der Waals surface area (Å²) in [5, 5.41) is 4.40. The number of para-hydroxylation sites is 2. The Kier molecular flexibility index (Phi) is 10.9. The maximum atomic E-state index is 14.4. The van der Waals surface area contributed by atoms with Crippen molar-refractivity contribution < 1.29 is 33.4 Å². The Bertz CT molecular complexity index is 2220. The fraction of sp³-hybridized carbons (Fsp3) is 0.250. The van der Waals surface area contributed by atoms with Gasteiger partial charge in [-0.25, -0.2) is 4.79 Å². The molecule has 1 atom stereocenters. The molecule has 0 spiro atoms. The average molecular weight is 739 g/mol. The Morgan fingerprint density at radius 3 is 2.15 bits per heavy atom. The third kappa shape index (κ3) is 7.64. The normalized spacial score (nSPS) is 14.7. The molecule has 2 aliphatic rings. The van der Waals surface area contributed by atoms with Crippen molar-refractivity contribution in [3.8, 4) is 11.1 Å². The summed E-state index contributed by atoms with van der Waals surface area (Å²) >= 11 is 0. The molecule has 4 amide bonds. The molecule has 0 bridgehead atoms. The monoisotopic (exact) mass is 738 g/mol. The number of unbranched alkanes of at least 4 members (excludes halogenated alkanes) is 1. The van der Waals surface area contributed by atoms with Crippen LogP contribution >= 0.6 is 0 Å². The number of nitrogens with zero attached hydrogens (tertiary/aromatic N) is 3. The second-order valence-corrected chi connectivity index (χ2v) is 13.7. The lowest BCUT2D eigenvalue weighted by Gasteiger charge is -2.27. The number of carbonyl (C=O) groups excluding carboxylic acids is 5. The number of rotatable bonds is 11. The number of nitrogens with one attached hydrogen (secondary N) is 1. The van der Waals surface area contributed by atoms with Crippen LogP contribution in [0.2, 0.25) is 0 Å². The number of esters is 1. The lowest BCUT2D eigenvalue weighted by molar-refractivity contribution is -0.143. The number of anilines is 2. The summed E-state index contributed by atoms with van der Waals surface area (Å²) < 4.78 is 11.2. The molecule has 1 N–H and O–H groups in total. The minimum atomic E-state index is -1.26. The molecular formula is C44H42N4O7. The maximum absolute atomic E-state index is 14.4. The van der Waals surface area contributed by atoms with E-state index in [0.29, 0.717) is 28.7 Å². The number of hydrogen-bond acceptors (Lipinski definition) is 7. The molecule has 0 radical (unpaired) electrons. The van der Waals surface area contributed by atoms with Crippen molar-refractivity contribution in [2.45, 2.75) is 31.7 Å². The van der Waals surface area contributed by atoms with Crippen LogP contribution in [0.25, 0.3) is 21.9 Å². The molecule has 5 aromatic rings. The number of hydrogen-bond donors (Lipinski definition) is 1. The summed E-state index contributed by atoms with van der Waals surface area (Å²) in [6.07, 6.45) is 0.800. The van der Waals surface area contributed by atoms with Crippen molar-refractivity contribution in [3.05, 3.63) is 132 Å². The van der Waals surface area contributed by atoms with Gasteiger partial charge in [0.1, 0.15) is 25.7 Å². The van der Waals surface area contributed by atoms with E-state index in [4.69, 9.17) is 9.47 Å². The van der Waals surface area contributed by atoms with Gasteiger partial charge in [-0.15, -0.1) is 0 Å². The maximum Gasteiger partial charge on any atom is 0.409 e. The van der Waals surface area contributed by atoms with E-state index < -0.39 is 42.4 Å². The number of likely N-dealkylation sites (N-methyl/N-ethyl adjacent to an activating group) is 1. The van der Waals surface area contributed by atoms with Gasteiger partial charge < -0.3 is 24.6 Å². The molecule has 11 heteroatoms. The first-order valence-electron chi connectivity index (χ1n) is 18.5. The van der Waals surface area contributed by atoms with E-state index in [1.54, 1.807) is 36.4 Å². The minimum absolute atomic E-state index is 0.0814. The van der Waals surface area contributed by atoms with Gasteiger partial charge in [0.05, 0.1) is 24.5 Å². The van der Waals surface area contributed by atoms with E-state index in [0.717, 1.165) is 34.1 Å². The Labute approximate surface area is 319 Å². The fourth-order valence-electron chi connectivity index (χ4n) is 7.31. The zero-order valence-electron chi connectivity index (χ0n) is 30.8. The van der Waals surface area contributed by atoms with Crippen molar-refractivity contribution in [1.29, 1.82) is 0 Å². The molecule has 0 saturated heterocycles. The number of fused-ring (bicyclic) bond motifs is 5. The molecule has 0 unspecified atom stereocenters. The molecule has 11 nitrogen and oxygen atoms in total. The standard InChI is InChI=1S/C44H42N4O7/c1-3-4-24-54-41(50)27-48-39-23-12-11-22-38(39)47(25-37(43(48)52)45-42(51)35-21-13-15-29-14-5-6-16-30(29)35)40(49)26-46(2)44(53)55-28-36-33-19-9-7-17-31(33)32-18-8-10-20-34(32)36/h5-23,36-37H,3-4,24-28H2,1-2H3,(H,45,51)/t37-/m0/s1. The second kappa shape index (κ2) is 16.3. The van der Waals surface area contributed by atoms with Gasteiger partial charge in [-0.1, -0.05) is 110 Å². The van der Waals surface area contributed by atoms with Gasteiger partial charge in [-0.05, 0) is 57.6 Å². The highest BCUT2D eigenvalue weighted by Gasteiger charge is 2.39. The number of amides is 4. The topological polar surface area (TPSA) is 126 Å². The van der Waals surface area contributed by atoms with Crippen molar-refractivity contribution in [3.63, 3.8) is 0 Å². The quantitative estimate of drug-likeness (QED) is 0.121. The Hall–Kier alpha value is -6.49. The SMILES string of the molecule is CCCCOC(=O)CN1C(=O)[C@@H](NC(=O)c2cccc3ccccc23)CN(C(=O)CN(C)C(=O)OCC2c3ccccc3-c3ccccc32)c2ccccc21. The first-order chi connectivity index (χ1) is 26.7. The van der Waals surface area contributed by atoms with Crippen molar-refractivity contribution in [1.82, 2.24) is 10.2 Å². The van der Waals surface area contributed by atoms with E-state index in [9.17, 15) is 24.0 Å². The van der Waals surface area contributed by atoms with E-state index in [1.165, 1.54) is 21.7 Å². The Balaban J connectivity index is 1.13. The third-order valence-corrected chi connectivity index (χ3v) is 10.1. The molecule has 0 fully saturated rings. The van der Waals surface area contributed by atoms with Crippen LogP contribution in [0.5, 0.6) is 0 Å². The highest BCUT2D eigenvalue weighted by atomic mass is 16.6. The van der Waals surface area contributed by atoms with Gasteiger partial charge in [0.25, 0.3) is 11.8 Å². The Morgan fingerprint density at radius 2 is 1.42 bits per heavy atom. The molecular weight excluding hydrogens is 697 g/mol. The number of ether oxygens (including phenoxy) is 2. The summed E-state index contributed by atoms with van der Waals surface area (Å²) in [5.74, 6) is -2.41. The number of benzene rings is 5. The van der Waals surface area contributed by atoms with E-state index in [2.05, 4.69) is 17.4 Å². The van der Waals surface area contributed by atoms with Crippen LogP contribution in [0.1, 0.15) is 47.2 Å². The lowest BCUT2D eigenvalue weighted by Crippen LogP contribution is -2.54. The molecule has 55 heavy (non-hydrogen) atoms. The largest absolute Gasteiger partial charge is 0.464 e. The highest BCUT2D eigenvalue weighted by molar-refractivity contribution is 6.13. The molecule has 1 heterocycles. The van der Waals surface area contributed by atoms with Gasteiger partial charge in [0, 0.05) is 18.5 Å². The van der Waals surface area contributed by atoms with Gasteiger partial charge in [-0.2, -0.15) is 0 Å². The van der Waals surface area contributed by atoms with Crippen LogP contribution in [-0.4, -0.2) is 80.6 Å². The molecule has 7 rings (SSSR count). The van der Waals surface area contributed by atoms with Gasteiger partial charge >= 0.3 is 12.1 Å². The minimum Gasteiger partial charge on any atom is -0.464 e. The first-order valence-corrected chi connectivity index (χ1v) is 18.5. The smallest absolute Gasteiger partial charge is 0.409 e. The van der Waals surface area contributed by atoms with Crippen LogP contribution in [0, 0.1) is 0 Å². The predicted octanol–water partition coefficient (Wildman–Crippen LogP) is 6.54. The van der Waals surface area contributed by atoms with Crippen LogP contribution in [0.3, 0.4) is 0 Å². The van der Waals surface area contributed by atoms with Gasteiger partial charge in [-0.3, -0.25) is 24.1 Å². The summed E-state index contributed by atoms with van der Waals surface area (Å²) in [4.78, 5) is 72.8. The summed E-state index contributed by atoms with van der Waals surface area (Å²) in [6, 6.07) is 34.2. The lowest BCUT2D eigenvalue weighted by atomic mass is 9.98. The van der Waals surface area contributed by atoms with E-state index in [1.807, 2.05) is 73.7 Å². The van der Waals surface area contributed by atoms with Crippen LogP contribution in [-0.2, 0) is 23.9 Å². The molecule has 0 aromatic heterocycles. The van der Waals surface area contributed by atoms with Crippen LogP contribution < -0.4 is 15.1 Å². The van der Waals surface area contributed by atoms with Crippen LogP contribution in [0.15, 0.2) is 115 Å². The third-order valence-electron chi connectivity index (χ3n) is 10.1. The second-order valence-electron chi connectivity index (χ2n) is 13.7. The Morgan fingerprint density at radius 1 is 0.782 bits per heavy atom. The van der Waals surface area contributed by atoms with E-state index >= 15 is 0 Å². The molecule has 0 saturated carbocycles. The van der Waals surface area contributed by atoms with Crippen molar-refractivity contribution in [2.24, 2.45) is 0 Å². The number of carbonyl (C=O) groups is 5. The molecule has 5 aromatic carbocycles. The first kappa shape index (κ1) is 36.9. The van der Waals surface area contributed by atoms with Gasteiger partial charge in [0.2, 0.25) is 5.91 Å². The predicted molar refractivity (Wildman–Crippen MR) is 210 cm³/mol. The zero-order valence-corrected chi connectivity index (χ0v) is 30.8. The molecule has 280 valence electrons. The average Bonchev–Trinajstić information content (AvgIpc) is 3.47. The van der Waals surface area contributed by atoms with E-state index in [-0.39, 0.29) is 32.2 Å². The highest BCUT2D eigenvalue weighted by Crippen LogP contribution is 2.44. The fourth-order valence-corrected chi connectivity index (χ4v) is 7.31. The van der Waals surface area contributed by atoms with Gasteiger partial charge in [0.15, 0.2) is 0 Å². The van der Waals surface area contributed by atoms with Crippen LogP contribution in [0.4, 0.5) is 16.2 Å². The van der Waals surface area contributed by atoms with Crippen molar-refractivity contribution in [2.75, 3.05) is 49.7 Å². The summed E-state index contributed by atoms with van der Waals surface area (Å²) in [7, 11) is 1.48. The van der Waals surface area contributed by atoms with Crippen molar-refractivity contribution >= 4 is 51.9 Å². The summed E-state index contributed by atoms with van der Waals surface area (Å²) in [6.45, 7) is 1.18. The molecule has 1 aliphatic carbocycles. The zero-order chi connectivity index (χ0) is 38.5. The summed E-state index contributed by atoms with van der Waals surface area (Å²) in [5.41, 5.74) is 5.31.